The zero-order valence-corrected chi connectivity index (χ0v) is 15.3. The lowest BCUT2D eigenvalue weighted by atomic mass is 9.97. The summed E-state index contributed by atoms with van der Waals surface area (Å²) >= 11 is 0. The standard InChI is InChI=1S/C18H23NO.C2HF3O2/c1-15-4-6-16(7-5-15)8-9-18(17-10-13-20-14-17)19-11-2-3-12-19;3-2(4,5)1(6)7/h4-7,17-18H,2-3,10-14H2,1H3;(H,6,7). The summed E-state index contributed by atoms with van der Waals surface area (Å²) < 4.78 is 37.3. The summed E-state index contributed by atoms with van der Waals surface area (Å²) in [5, 5.41) is 7.12. The predicted molar refractivity (Wildman–Crippen MR) is 95.3 cm³/mol. The fourth-order valence-electron chi connectivity index (χ4n) is 3.12. The van der Waals surface area contributed by atoms with Crippen molar-refractivity contribution in [2.75, 3.05) is 26.3 Å². The number of aryl methyl sites for hydroxylation is 1. The molecule has 2 aliphatic rings. The molecule has 4 nitrogen and oxygen atoms in total. The quantitative estimate of drug-likeness (QED) is 0.795. The molecular formula is C20H24F3NO3. The predicted octanol–water partition coefficient (Wildman–Crippen LogP) is 3.48. The Morgan fingerprint density at radius 3 is 2.33 bits per heavy atom. The number of alkyl halides is 3. The largest absolute Gasteiger partial charge is 0.490 e. The van der Waals surface area contributed by atoms with Gasteiger partial charge in [0.05, 0.1) is 12.6 Å². The maximum absolute atomic E-state index is 10.6. The van der Waals surface area contributed by atoms with Gasteiger partial charge in [-0.25, -0.2) is 4.79 Å². The number of benzene rings is 1. The number of rotatable bonds is 2. The number of likely N-dealkylation sites (tertiary alicyclic amines) is 1. The molecule has 0 amide bonds. The van der Waals surface area contributed by atoms with Crippen LogP contribution in [0.3, 0.4) is 0 Å². The molecule has 1 N–H and O–H groups in total. The second-order valence-corrected chi connectivity index (χ2v) is 6.75. The van der Waals surface area contributed by atoms with E-state index in [9.17, 15) is 13.2 Å². The van der Waals surface area contributed by atoms with Crippen molar-refractivity contribution in [2.24, 2.45) is 5.92 Å². The van der Waals surface area contributed by atoms with Crippen LogP contribution in [0.5, 0.6) is 0 Å². The molecule has 0 saturated carbocycles. The van der Waals surface area contributed by atoms with Crippen LogP contribution in [-0.2, 0) is 9.53 Å². The molecule has 3 rings (SSSR count). The first-order valence-electron chi connectivity index (χ1n) is 8.97. The Hall–Kier alpha value is -2.04. The van der Waals surface area contributed by atoms with E-state index in [4.69, 9.17) is 14.6 Å². The van der Waals surface area contributed by atoms with Crippen molar-refractivity contribution < 1.29 is 27.8 Å². The average molecular weight is 383 g/mol. The fourth-order valence-corrected chi connectivity index (χ4v) is 3.12. The van der Waals surface area contributed by atoms with Gasteiger partial charge in [0.1, 0.15) is 0 Å². The Bertz CT molecular complexity index is 648. The third kappa shape index (κ3) is 6.89. The van der Waals surface area contributed by atoms with Crippen LogP contribution >= 0.6 is 0 Å². The molecule has 1 aromatic carbocycles. The number of nitrogens with zero attached hydrogens (tertiary/aromatic N) is 1. The normalized spacial score (nSPS) is 21.0. The van der Waals surface area contributed by atoms with Gasteiger partial charge in [-0.2, -0.15) is 13.2 Å². The fraction of sp³-hybridized carbons (Fsp3) is 0.550. The molecule has 2 atom stereocenters. The number of carboxylic acid groups (broad SMARTS) is 1. The monoisotopic (exact) mass is 383 g/mol. The van der Waals surface area contributed by atoms with Gasteiger partial charge in [0.25, 0.3) is 0 Å². The highest BCUT2D eigenvalue weighted by Gasteiger charge is 2.38. The third-order valence-electron chi connectivity index (χ3n) is 4.60. The molecule has 2 aliphatic heterocycles. The Balaban J connectivity index is 0.000000321. The molecular weight excluding hydrogens is 359 g/mol. The Kier molecular flexibility index (Phi) is 7.69. The van der Waals surface area contributed by atoms with Gasteiger partial charge in [0.2, 0.25) is 0 Å². The maximum Gasteiger partial charge on any atom is 0.490 e. The molecule has 2 fully saturated rings. The van der Waals surface area contributed by atoms with E-state index in [0.717, 1.165) is 25.2 Å². The topological polar surface area (TPSA) is 49.8 Å². The summed E-state index contributed by atoms with van der Waals surface area (Å²) in [6.07, 6.45) is -1.30. The van der Waals surface area contributed by atoms with Crippen molar-refractivity contribution in [3.8, 4) is 11.8 Å². The average Bonchev–Trinajstić information content (AvgIpc) is 3.31. The van der Waals surface area contributed by atoms with Crippen molar-refractivity contribution in [3.63, 3.8) is 0 Å². The molecule has 0 aromatic heterocycles. The lowest BCUT2D eigenvalue weighted by Gasteiger charge is -2.27. The summed E-state index contributed by atoms with van der Waals surface area (Å²) in [4.78, 5) is 11.5. The molecule has 0 bridgehead atoms. The lowest BCUT2D eigenvalue weighted by Crippen LogP contribution is -2.38. The number of hydrogen-bond donors (Lipinski definition) is 1. The minimum atomic E-state index is -5.08. The third-order valence-corrected chi connectivity index (χ3v) is 4.60. The number of aliphatic carboxylic acids is 1. The van der Waals surface area contributed by atoms with Crippen LogP contribution in [-0.4, -0.2) is 54.5 Å². The van der Waals surface area contributed by atoms with E-state index in [0.29, 0.717) is 12.0 Å². The molecule has 27 heavy (non-hydrogen) atoms. The van der Waals surface area contributed by atoms with Gasteiger partial charge in [-0.05, 0) is 51.4 Å². The highest BCUT2D eigenvalue weighted by Crippen LogP contribution is 2.24. The molecule has 0 aliphatic carbocycles. The van der Waals surface area contributed by atoms with Crippen LogP contribution in [0.2, 0.25) is 0 Å². The van der Waals surface area contributed by atoms with Crippen molar-refractivity contribution in [1.82, 2.24) is 4.90 Å². The lowest BCUT2D eigenvalue weighted by molar-refractivity contribution is -0.192. The van der Waals surface area contributed by atoms with Gasteiger partial charge in [-0.15, -0.1) is 0 Å². The Morgan fingerprint density at radius 2 is 1.85 bits per heavy atom. The van der Waals surface area contributed by atoms with Crippen molar-refractivity contribution in [3.05, 3.63) is 35.4 Å². The first-order chi connectivity index (χ1) is 12.8. The van der Waals surface area contributed by atoms with Gasteiger partial charge in [0, 0.05) is 18.1 Å². The maximum atomic E-state index is 10.6. The van der Waals surface area contributed by atoms with Crippen molar-refractivity contribution >= 4 is 5.97 Å². The van der Waals surface area contributed by atoms with Crippen LogP contribution < -0.4 is 0 Å². The first-order valence-corrected chi connectivity index (χ1v) is 8.97. The molecule has 0 radical (unpaired) electrons. The smallest absolute Gasteiger partial charge is 0.475 e. The molecule has 0 spiro atoms. The molecule has 2 saturated heterocycles. The van der Waals surface area contributed by atoms with E-state index in [1.807, 2.05) is 0 Å². The van der Waals surface area contributed by atoms with E-state index >= 15 is 0 Å². The van der Waals surface area contributed by atoms with Crippen LogP contribution in [0.4, 0.5) is 13.2 Å². The second kappa shape index (κ2) is 9.77. The minimum Gasteiger partial charge on any atom is -0.475 e. The highest BCUT2D eigenvalue weighted by atomic mass is 19.4. The van der Waals surface area contributed by atoms with Crippen LogP contribution in [0.15, 0.2) is 24.3 Å². The van der Waals surface area contributed by atoms with E-state index in [-0.39, 0.29) is 0 Å². The van der Waals surface area contributed by atoms with Crippen LogP contribution in [0.25, 0.3) is 0 Å². The van der Waals surface area contributed by atoms with Gasteiger partial charge >= 0.3 is 12.1 Å². The van der Waals surface area contributed by atoms with Gasteiger partial charge in [-0.1, -0.05) is 29.5 Å². The first kappa shape index (κ1) is 21.3. The van der Waals surface area contributed by atoms with Gasteiger partial charge in [0.15, 0.2) is 0 Å². The van der Waals surface area contributed by atoms with E-state index in [2.05, 4.69) is 47.9 Å². The molecule has 2 heterocycles. The highest BCUT2D eigenvalue weighted by molar-refractivity contribution is 5.73. The van der Waals surface area contributed by atoms with Crippen LogP contribution in [0.1, 0.15) is 30.4 Å². The van der Waals surface area contributed by atoms with E-state index in [1.165, 1.54) is 31.5 Å². The number of hydrogen-bond acceptors (Lipinski definition) is 3. The zero-order valence-electron chi connectivity index (χ0n) is 15.3. The van der Waals surface area contributed by atoms with Gasteiger partial charge in [-0.3, -0.25) is 4.90 Å². The van der Waals surface area contributed by atoms with E-state index < -0.39 is 12.1 Å². The molecule has 2 unspecified atom stereocenters. The minimum absolute atomic E-state index is 0.376. The Morgan fingerprint density at radius 1 is 1.26 bits per heavy atom. The number of halogens is 3. The second-order valence-electron chi connectivity index (χ2n) is 6.75. The summed E-state index contributed by atoms with van der Waals surface area (Å²) in [7, 11) is 0. The number of carbonyl (C=O) groups is 1. The van der Waals surface area contributed by atoms with E-state index in [1.54, 1.807) is 0 Å². The van der Waals surface area contributed by atoms with Crippen molar-refractivity contribution in [2.45, 2.75) is 38.4 Å². The Labute approximate surface area is 157 Å². The summed E-state index contributed by atoms with van der Waals surface area (Å²) in [6.45, 7) is 6.29. The summed E-state index contributed by atoms with van der Waals surface area (Å²) in [6, 6.07) is 8.88. The number of ether oxygens (including phenoxy) is 1. The van der Waals surface area contributed by atoms with Gasteiger partial charge < -0.3 is 9.84 Å². The zero-order chi connectivity index (χ0) is 19.9. The molecule has 148 valence electrons. The van der Waals surface area contributed by atoms with Crippen LogP contribution in [0, 0.1) is 24.7 Å². The number of carboxylic acids is 1. The van der Waals surface area contributed by atoms with Crippen molar-refractivity contribution in [1.29, 1.82) is 0 Å². The molecule has 7 heteroatoms. The summed E-state index contributed by atoms with van der Waals surface area (Å²) in [5.41, 5.74) is 2.41. The summed E-state index contributed by atoms with van der Waals surface area (Å²) in [5.74, 6) is 4.75. The SMILES string of the molecule is Cc1ccc(C#CC(C2CCOC2)N2CCCC2)cc1.O=C(O)C(F)(F)F. The molecule has 1 aromatic rings.